The maximum atomic E-state index is 14.4. The Morgan fingerprint density at radius 1 is 1.15 bits per heavy atom. The van der Waals surface area contributed by atoms with Crippen molar-refractivity contribution in [3.05, 3.63) is 51.8 Å². The normalized spacial score (nSPS) is 16.8. The zero-order chi connectivity index (χ0) is 25.3. The quantitative estimate of drug-likeness (QED) is 0.527. The maximum absolute atomic E-state index is 14.4. The lowest BCUT2D eigenvalue weighted by Gasteiger charge is -2.34. The summed E-state index contributed by atoms with van der Waals surface area (Å²) in [6.45, 7) is 0.867. The van der Waals surface area contributed by atoms with Crippen LogP contribution >= 0.6 is 23.2 Å². The van der Waals surface area contributed by atoms with E-state index in [0.717, 1.165) is 24.5 Å². The molecule has 7 nitrogen and oxygen atoms in total. The number of alkyl halides is 3. The molecule has 3 rings (SSSR count). The second-order valence-corrected chi connectivity index (χ2v) is 10.0. The first-order valence-electron chi connectivity index (χ1n) is 9.70. The Labute approximate surface area is 202 Å². The number of nitrogens with one attached hydrogen (secondary N) is 1. The van der Waals surface area contributed by atoms with E-state index < -0.39 is 45.5 Å². The van der Waals surface area contributed by atoms with Gasteiger partial charge in [0.05, 0.1) is 28.4 Å². The number of piperidine rings is 1. The number of anilines is 1. The maximum Gasteiger partial charge on any atom is 0.573 e. The topological polar surface area (TPSA) is 84.9 Å². The minimum atomic E-state index is -4.87. The summed E-state index contributed by atoms with van der Waals surface area (Å²) in [4.78, 5) is 13.8. The van der Waals surface area contributed by atoms with Crippen LogP contribution in [0.25, 0.3) is 0 Å². The van der Waals surface area contributed by atoms with Crippen LogP contribution in [0.15, 0.2) is 30.3 Å². The molecule has 0 bridgehead atoms. The third-order valence-electron chi connectivity index (χ3n) is 4.72. The van der Waals surface area contributed by atoms with Crippen LogP contribution in [0.2, 0.25) is 10.0 Å². The van der Waals surface area contributed by atoms with Crippen molar-refractivity contribution in [1.82, 2.24) is 4.72 Å². The van der Waals surface area contributed by atoms with Gasteiger partial charge in [-0.2, -0.15) is 0 Å². The molecule has 1 amide bonds. The average Bonchev–Trinajstić information content (AvgIpc) is 2.70. The van der Waals surface area contributed by atoms with E-state index in [2.05, 4.69) is 4.74 Å². The van der Waals surface area contributed by atoms with Crippen LogP contribution in [-0.2, 0) is 10.0 Å². The van der Waals surface area contributed by atoms with Gasteiger partial charge in [-0.3, -0.25) is 4.79 Å². The molecule has 2 aromatic carbocycles. The van der Waals surface area contributed by atoms with Gasteiger partial charge >= 0.3 is 6.36 Å². The van der Waals surface area contributed by atoms with Crippen molar-refractivity contribution in [1.29, 1.82) is 0 Å². The highest BCUT2D eigenvalue weighted by Crippen LogP contribution is 2.35. The average molecular weight is 545 g/mol. The standard InChI is InChI=1S/C20H18Cl2F4N2O5S/c1-34(30,31)27-19(29)13-8-15(22)18(9-16(13)23)32-12-3-2-6-28(10-12)11-4-5-17(14(21)7-11)33-20(24,25)26/h4-5,7-9,12H,2-3,6,10H2,1H3,(H,27,29). The van der Waals surface area contributed by atoms with Crippen molar-refractivity contribution < 1.29 is 40.2 Å². The summed E-state index contributed by atoms with van der Waals surface area (Å²) in [5, 5.41) is -0.320. The highest BCUT2D eigenvalue weighted by atomic mass is 35.5. The van der Waals surface area contributed by atoms with Crippen LogP contribution in [0.3, 0.4) is 0 Å². The first-order chi connectivity index (χ1) is 15.7. The third-order valence-corrected chi connectivity index (χ3v) is 5.87. The molecule has 1 aliphatic heterocycles. The molecule has 2 aromatic rings. The van der Waals surface area contributed by atoms with Crippen molar-refractivity contribution >= 4 is 44.8 Å². The minimum Gasteiger partial charge on any atom is -0.487 e. The number of carbonyl (C=O) groups excluding carboxylic acids is 1. The van der Waals surface area contributed by atoms with E-state index in [-0.39, 0.29) is 15.8 Å². The molecule has 0 aliphatic carbocycles. The number of benzene rings is 2. The molecule has 1 saturated heterocycles. The fourth-order valence-electron chi connectivity index (χ4n) is 3.36. The van der Waals surface area contributed by atoms with Gasteiger partial charge < -0.3 is 14.4 Å². The van der Waals surface area contributed by atoms with E-state index in [1.54, 1.807) is 4.72 Å². The van der Waals surface area contributed by atoms with E-state index in [9.17, 15) is 30.8 Å². The number of nitrogens with zero attached hydrogens (tertiary/aromatic N) is 1. The SMILES string of the molecule is CS(=O)(=O)NC(=O)c1cc(Cl)c(OC2CCCN(c3ccc(OC(F)(F)F)c(Cl)c3)C2)cc1F. The monoisotopic (exact) mass is 544 g/mol. The van der Waals surface area contributed by atoms with Crippen molar-refractivity contribution in [2.24, 2.45) is 0 Å². The predicted octanol–water partition coefficient (Wildman–Crippen LogP) is 4.77. The Morgan fingerprint density at radius 2 is 1.82 bits per heavy atom. The summed E-state index contributed by atoms with van der Waals surface area (Å²) in [7, 11) is -3.90. The number of hydrogen-bond donors (Lipinski definition) is 1. The Balaban J connectivity index is 1.72. The molecule has 34 heavy (non-hydrogen) atoms. The molecule has 1 N–H and O–H groups in total. The summed E-state index contributed by atoms with van der Waals surface area (Å²) in [5.74, 6) is -2.77. The highest BCUT2D eigenvalue weighted by Gasteiger charge is 2.32. The van der Waals surface area contributed by atoms with E-state index >= 15 is 0 Å². The first kappa shape index (κ1) is 26.2. The summed E-state index contributed by atoms with van der Waals surface area (Å²) < 4.78 is 85.5. The third kappa shape index (κ3) is 7.03. The van der Waals surface area contributed by atoms with Crippen molar-refractivity contribution in [2.45, 2.75) is 25.3 Å². The van der Waals surface area contributed by atoms with Crippen LogP contribution < -0.4 is 19.1 Å². The fourth-order valence-corrected chi connectivity index (χ4v) is 4.23. The molecule has 0 aromatic heterocycles. The van der Waals surface area contributed by atoms with Crippen LogP contribution in [0.1, 0.15) is 23.2 Å². The molecule has 1 unspecified atom stereocenters. The molecule has 0 radical (unpaired) electrons. The zero-order valence-electron chi connectivity index (χ0n) is 17.5. The van der Waals surface area contributed by atoms with Gasteiger partial charge in [0.25, 0.3) is 5.91 Å². The summed E-state index contributed by atoms with van der Waals surface area (Å²) >= 11 is 12.0. The van der Waals surface area contributed by atoms with Crippen LogP contribution in [0.4, 0.5) is 23.2 Å². The summed E-state index contributed by atoms with van der Waals surface area (Å²) in [6, 6.07) is 5.73. The van der Waals surface area contributed by atoms with Gasteiger partial charge in [-0.05, 0) is 37.1 Å². The largest absolute Gasteiger partial charge is 0.573 e. The number of carbonyl (C=O) groups is 1. The lowest BCUT2D eigenvalue weighted by atomic mass is 10.1. The van der Waals surface area contributed by atoms with Gasteiger partial charge in [0.2, 0.25) is 10.0 Å². The molecule has 14 heteroatoms. The number of sulfonamides is 1. The summed E-state index contributed by atoms with van der Waals surface area (Å²) in [5.41, 5.74) is -0.0262. The van der Waals surface area contributed by atoms with Crippen molar-refractivity contribution in [3.63, 3.8) is 0 Å². The molecule has 1 aliphatic rings. The number of ether oxygens (including phenoxy) is 2. The van der Waals surface area contributed by atoms with Crippen molar-refractivity contribution in [3.8, 4) is 11.5 Å². The number of amides is 1. The van der Waals surface area contributed by atoms with E-state index in [4.69, 9.17) is 27.9 Å². The predicted molar refractivity (Wildman–Crippen MR) is 118 cm³/mol. The van der Waals surface area contributed by atoms with Crippen LogP contribution in [-0.4, -0.2) is 46.1 Å². The number of halogens is 6. The fraction of sp³-hybridized carbons (Fsp3) is 0.350. The Kier molecular flexibility index (Phi) is 7.73. The molecule has 1 atom stereocenters. The van der Waals surface area contributed by atoms with Gasteiger partial charge in [0, 0.05) is 18.3 Å². The van der Waals surface area contributed by atoms with E-state index in [1.807, 2.05) is 4.90 Å². The summed E-state index contributed by atoms with van der Waals surface area (Å²) in [6.07, 6.45) is -3.36. The second-order valence-electron chi connectivity index (χ2n) is 7.46. The van der Waals surface area contributed by atoms with E-state index in [0.29, 0.717) is 31.6 Å². The van der Waals surface area contributed by atoms with Crippen LogP contribution in [0, 0.1) is 5.82 Å². The Morgan fingerprint density at radius 3 is 2.44 bits per heavy atom. The zero-order valence-corrected chi connectivity index (χ0v) is 19.8. The molecular weight excluding hydrogens is 527 g/mol. The molecule has 1 fully saturated rings. The van der Waals surface area contributed by atoms with Crippen LogP contribution in [0.5, 0.6) is 11.5 Å². The van der Waals surface area contributed by atoms with Gasteiger partial charge in [-0.25, -0.2) is 17.5 Å². The lowest BCUT2D eigenvalue weighted by molar-refractivity contribution is -0.274. The number of rotatable bonds is 6. The van der Waals surface area contributed by atoms with E-state index in [1.165, 1.54) is 12.1 Å². The molecule has 186 valence electrons. The van der Waals surface area contributed by atoms with Gasteiger partial charge in [-0.1, -0.05) is 23.2 Å². The Hall–Kier alpha value is -2.44. The van der Waals surface area contributed by atoms with Gasteiger partial charge in [0.15, 0.2) is 0 Å². The molecule has 0 saturated carbocycles. The van der Waals surface area contributed by atoms with Gasteiger partial charge in [0.1, 0.15) is 23.4 Å². The molecule has 1 heterocycles. The van der Waals surface area contributed by atoms with Crippen molar-refractivity contribution in [2.75, 3.05) is 24.2 Å². The second kappa shape index (κ2) is 10.0. The van der Waals surface area contributed by atoms with Gasteiger partial charge in [-0.15, -0.1) is 13.2 Å². The molecule has 0 spiro atoms. The minimum absolute atomic E-state index is 0.0473. The smallest absolute Gasteiger partial charge is 0.487 e. The number of hydrogen-bond acceptors (Lipinski definition) is 6. The highest BCUT2D eigenvalue weighted by molar-refractivity contribution is 7.89. The molecular formula is C20H18Cl2F4N2O5S. The lowest BCUT2D eigenvalue weighted by Crippen LogP contribution is -2.41. The first-order valence-corrected chi connectivity index (χ1v) is 12.3. The Bertz CT molecular complexity index is 1190.